The van der Waals surface area contributed by atoms with E-state index >= 15 is 0 Å². The number of carbonyl (C=O) groups excluding carboxylic acids is 2. The van der Waals surface area contributed by atoms with Crippen molar-refractivity contribution in [1.29, 1.82) is 0 Å². The summed E-state index contributed by atoms with van der Waals surface area (Å²) in [5.74, 6) is -1.87. The normalized spacial score (nSPS) is 18.6. The minimum Gasteiger partial charge on any atom is -0.352 e. The molecule has 0 bridgehead atoms. The van der Waals surface area contributed by atoms with Gasteiger partial charge in [-0.25, -0.2) is 0 Å². The monoisotopic (exact) mass is 334 g/mol. The van der Waals surface area contributed by atoms with E-state index in [1.807, 2.05) is 0 Å². The number of halogens is 4. The molecule has 1 aliphatic heterocycles. The van der Waals surface area contributed by atoms with E-state index in [1.54, 1.807) is 24.3 Å². The molecule has 120 valence electrons. The quantitative estimate of drug-likeness (QED) is 0.919. The zero-order chi connectivity index (χ0) is 16.3. The molecule has 1 saturated heterocycles. The molecule has 4 nitrogen and oxygen atoms in total. The lowest BCUT2D eigenvalue weighted by Gasteiger charge is -2.18. The molecule has 1 aromatic rings. The van der Waals surface area contributed by atoms with Crippen molar-refractivity contribution in [2.24, 2.45) is 5.92 Å². The van der Waals surface area contributed by atoms with Crippen molar-refractivity contribution >= 4 is 23.4 Å². The number of amides is 2. The van der Waals surface area contributed by atoms with Crippen LogP contribution in [0.25, 0.3) is 0 Å². The molecule has 0 unspecified atom stereocenters. The molecule has 1 aliphatic rings. The number of likely N-dealkylation sites (tertiary alicyclic amines) is 1. The minimum absolute atomic E-state index is 0.169. The standard InChI is InChI=1S/C14H14ClF3N2O2/c15-11-4-2-1-3-9(11)6-19-13(22)10-5-12(21)20(7-10)8-14(16,17)18/h1-4,10H,5-8H2,(H,19,22)/t10-/m0/s1. The highest BCUT2D eigenvalue weighted by Crippen LogP contribution is 2.24. The van der Waals surface area contributed by atoms with E-state index in [0.717, 1.165) is 0 Å². The molecule has 2 amide bonds. The fourth-order valence-corrected chi connectivity index (χ4v) is 2.49. The summed E-state index contributed by atoms with van der Waals surface area (Å²) in [6.07, 6.45) is -4.66. The van der Waals surface area contributed by atoms with E-state index in [2.05, 4.69) is 5.32 Å². The van der Waals surface area contributed by atoms with Gasteiger partial charge in [-0.3, -0.25) is 9.59 Å². The van der Waals surface area contributed by atoms with Crippen molar-refractivity contribution in [3.8, 4) is 0 Å². The third-order valence-corrected chi connectivity index (χ3v) is 3.74. The lowest BCUT2D eigenvalue weighted by atomic mass is 10.1. The summed E-state index contributed by atoms with van der Waals surface area (Å²) >= 11 is 5.95. The van der Waals surface area contributed by atoms with Gasteiger partial charge in [0.1, 0.15) is 6.54 Å². The van der Waals surface area contributed by atoms with Crippen molar-refractivity contribution < 1.29 is 22.8 Å². The Morgan fingerprint density at radius 2 is 2.05 bits per heavy atom. The van der Waals surface area contributed by atoms with Crippen molar-refractivity contribution in [3.63, 3.8) is 0 Å². The van der Waals surface area contributed by atoms with Crippen LogP contribution in [0.1, 0.15) is 12.0 Å². The molecular formula is C14H14ClF3N2O2. The van der Waals surface area contributed by atoms with Gasteiger partial charge in [-0.05, 0) is 11.6 Å². The first-order chi connectivity index (χ1) is 10.3. The van der Waals surface area contributed by atoms with E-state index < -0.39 is 30.5 Å². The second-order valence-electron chi connectivity index (χ2n) is 5.10. The SMILES string of the molecule is O=C(NCc1ccccc1Cl)[C@H]1CC(=O)N(CC(F)(F)F)C1. The van der Waals surface area contributed by atoms with Gasteiger partial charge in [-0.1, -0.05) is 29.8 Å². The zero-order valence-corrected chi connectivity index (χ0v) is 12.2. The number of rotatable bonds is 4. The maximum absolute atomic E-state index is 12.3. The van der Waals surface area contributed by atoms with Crippen LogP contribution < -0.4 is 5.32 Å². The van der Waals surface area contributed by atoms with Gasteiger partial charge in [0.05, 0.1) is 5.92 Å². The number of nitrogens with zero attached hydrogens (tertiary/aromatic N) is 1. The molecule has 22 heavy (non-hydrogen) atoms. The largest absolute Gasteiger partial charge is 0.406 e. The fourth-order valence-electron chi connectivity index (χ4n) is 2.29. The van der Waals surface area contributed by atoms with Gasteiger partial charge in [-0.15, -0.1) is 0 Å². The van der Waals surface area contributed by atoms with Crippen LogP contribution in [0.5, 0.6) is 0 Å². The predicted molar refractivity (Wildman–Crippen MR) is 74.0 cm³/mol. The second-order valence-corrected chi connectivity index (χ2v) is 5.51. The lowest BCUT2D eigenvalue weighted by Crippen LogP contribution is -2.37. The van der Waals surface area contributed by atoms with E-state index in [9.17, 15) is 22.8 Å². The van der Waals surface area contributed by atoms with Crippen molar-refractivity contribution in [3.05, 3.63) is 34.9 Å². The molecule has 1 fully saturated rings. The molecule has 8 heteroatoms. The molecule has 1 atom stereocenters. The summed E-state index contributed by atoms with van der Waals surface area (Å²) in [7, 11) is 0. The fraction of sp³-hybridized carbons (Fsp3) is 0.429. The maximum Gasteiger partial charge on any atom is 0.406 e. The van der Waals surface area contributed by atoms with E-state index in [-0.39, 0.29) is 19.5 Å². The van der Waals surface area contributed by atoms with Gasteiger partial charge in [-0.2, -0.15) is 13.2 Å². The number of nitrogens with one attached hydrogen (secondary N) is 1. The molecule has 0 radical (unpaired) electrons. The number of benzene rings is 1. The Hall–Kier alpha value is -1.76. The molecule has 0 aliphatic carbocycles. The topological polar surface area (TPSA) is 49.4 Å². The Morgan fingerprint density at radius 3 is 2.68 bits per heavy atom. The van der Waals surface area contributed by atoms with Crippen molar-refractivity contribution in [2.75, 3.05) is 13.1 Å². The van der Waals surface area contributed by atoms with Gasteiger partial charge in [0.15, 0.2) is 0 Å². The Morgan fingerprint density at radius 1 is 1.36 bits per heavy atom. The third-order valence-electron chi connectivity index (χ3n) is 3.37. The smallest absolute Gasteiger partial charge is 0.352 e. The number of hydrogen-bond donors (Lipinski definition) is 1. The Bertz CT molecular complexity index is 577. The summed E-state index contributed by atoms with van der Waals surface area (Å²) < 4.78 is 36.9. The first-order valence-corrected chi connectivity index (χ1v) is 6.99. The lowest BCUT2D eigenvalue weighted by molar-refractivity contribution is -0.157. The first-order valence-electron chi connectivity index (χ1n) is 6.62. The zero-order valence-electron chi connectivity index (χ0n) is 11.5. The van der Waals surface area contributed by atoms with Crippen LogP contribution in [0.3, 0.4) is 0 Å². The van der Waals surface area contributed by atoms with E-state index in [1.165, 1.54) is 0 Å². The number of alkyl halides is 3. The molecule has 0 saturated carbocycles. The number of carbonyl (C=O) groups is 2. The maximum atomic E-state index is 12.3. The van der Waals surface area contributed by atoms with Crippen LogP contribution >= 0.6 is 11.6 Å². The molecule has 1 N–H and O–H groups in total. The summed E-state index contributed by atoms with van der Waals surface area (Å²) in [4.78, 5) is 24.2. The summed E-state index contributed by atoms with van der Waals surface area (Å²) in [6.45, 7) is -1.37. The molecule has 1 heterocycles. The minimum atomic E-state index is -4.46. The van der Waals surface area contributed by atoms with Gasteiger partial charge >= 0.3 is 6.18 Å². The van der Waals surface area contributed by atoms with Crippen LogP contribution in [0.15, 0.2) is 24.3 Å². The Balaban J connectivity index is 1.89. The van der Waals surface area contributed by atoms with Gasteiger partial charge < -0.3 is 10.2 Å². The van der Waals surface area contributed by atoms with Crippen LogP contribution in [0, 0.1) is 5.92 Å². The highest BCUT2D eigenvalue weighted by Gasteiger charge is 2.40. The van der Waals surface area contributed by atoms with Gasteiger partial charge in [0, 0.05) is 24.5 Å². The van der Waals surface area contributed by atoms with Crippen LogP contribution in [-0.4, -0.2) is 36.0 Å². The van der Waals surface area contributed by atoms with E-state index in [4.69, 9.17) is 11.6 Å². The van der Waals surface area contributed by atoms with Crippen LogP contribution in [0.4, 0.5) is 13.2 Å². The highest BCUT2D eigenvalue weighted by molar-refractivity contribution is 6.31. The number of hydrogen-bond acceptors (Lipinski definition) is 2. The molecular weight excluding hydrogens is 321 g/mol. The molecule has 2 rings (SSSR count). The molecule has 1 aromatic carbocycles. The molecule has 0 spiro atoms. The second kappa shape index (κ2) is 6.56. The summed E-state index contributed by atoms with van der Waals surface area (Å²) in [5, 5.41) is 3.09. The first kappa shape index (κ1) is 16.6. The summed E-state index contributed by atoms with van der Waals surface area (Å²) in [6, 6.07) is 6.92. The third kappa shape index (κ3) is 4.37. The van der Waals surface area contributed by atoms with Crippen molar-refractivity contribution in [1.82, 2.24) is 10.2 Å². The van der Waals surface area contributed by atoms with Crippen LogP contribution in [0.2, 0.25) is 5.02 Å². The van der Waals surface area contributed by atoms with Gasteiger partial charge in [0.2, 0.25) is 11.8 Å². The Kier molecular flexibility index (Phi) is 4.95. The average Bonchev–Trinajstić information content (AvgIpc) is 2.77. The van der Waals surface area contributed by atoms with Crippen molar-refractivity contribution in [2.45, 2.75) is 19.1 Å². The van der Waals surface area contributed by atoms with Crippen LogP contribution in [-0.2, 0) is 16.1 Å². The average molecular weight is 335 g/mol. The Labute approximate surface area is 130 Å². The summed E-state index contributed by atoms with van der Waals surface area (Å²) in [5.41, 5.74) is 0.703. The highest BCUT2D eigenvalue weighted by atomic mass is 35.5. The van der Waals surface area contributed by atoms with E-state index in [0.29, 0.717) is 15.5 Å². The van der Waals surface area contributed by atoms with Gasteiger partial charge in [0.25, 0.3) is 0 Å². The molecule has 0 aromatic heterocycles. The predicted octanol–water partition coefficient (Wildman–Crippen LogP) is 2.37.